The van der Waals surface area contributed by atoms with Crippen LogP contribution in [-0.2, 0) is 10.0 Å². The molecule has 2 aliphatic rings. The molecule has 1 saturated heterocycles. The van der Waals surface area contributed by atoms with E-state index in [2.05, 4.69) is 29.6 Å². The average molecular weight is 394 g/mol. The van der Waals surface area contributed by atoms with Crippen molar-refractivity contribution in [2.45, 2.75) is 56.5 Å². The molecular formula is C20H31N3O3S. The van der Waals surface area contributed by atoms with Gasteiger partial charge in [-0.2, -0.15) is 0 Å². The van der Waals surface area contributed by atoms with E-state index in [1.54, 1.807) is 4.90 Å². The van der Waals surface area contributed by atoms with Crippen molar-refractivity contribution >= 4 is 16.1 Å². The maximum atomic E-state index is 12.6. The molecule has 0 radical (unpaired) electrons. The van der Waals surface area contributed by atoms with Crippen molar-refractivity contribution < 1.29 is 13.2 Å². The molecule has 2 amide bonds. The van der Waals surface area contributed by atoms with E-state index < -0.39 is 10.0 Å². The molecule has 1 N–H and O–H groups in total. The molecule has 1 heterocycles. The smallest absolute Gasteiger partial charge is 0.317 e. The second-order valence-electron chi connectivity index (χ2n) is 7.91. The quantitative estimate of drug-likeness (QED) is 0.855. The second kappa shape index (κ2) is 8.61. The Morgan fingerprint density at radius 3 is 2.19 bits per heavy atom. The molecule has 2 fully saturated rings. The van der Waals surface area contributed by atoms with Crippen molar-refractivity contribution in [1.82, 2.24) is 14.5 Å². The van der Waals surface area contributed by atoms with Crippen LogP contribution >= 0.6 is 0 Å². The Morgan fingerprint density at radius 2 is 1.63 bits per heavy atom. The van der Waals surface area contributed by atoms with Crippen LogP contribution in [0.3, 0.4) is 0 Å². The van der Waals surface area contributed by atoms with Gasteiger partial charge in [0.2, 0.25) is 10.0 Å². The summed E-state index contributed by atoms with van der Waals surface area (Å²) in [5.41, 5.74) is 1.40. The summed E-state index contributed by atoms with van der Waals surface area (Å²) in [4.78, 5) is 14.4. The number of rotatable bonds is 4. The Balaban J connectivity index is 1.44. The van der Waals surface area contributed by atoms with Crippen LogP contribution < -0.4 is 5.32 Å². The molecule has 7 heteroatoms. The van der Waals surface area contributed by atoms with Gasteiger partial charge in [0.15, 0.2) is 0 Å². The maximum absolute atomic E-state index is 12.6. The molecule has 27 heavy (non-hydrogen) atoms. The summed E-state index contributed by atoms with van der Waals surface area (Å²) in [6.07, 6.45) is 6.85. The number of amides is 2. The summed E-state index contributed by atoms with van der Waals surface area (Å²) in [5, 5.41) is 3.18. The van der Waals surface area contributed by atoms with Crippen LogP contribution in [0.25, 0.3) is 0 Å². The number of carbonyl (C=O) groups excluding carboxylic acids is 1. The fraction of sp³-hybridized carbons (Fsp3) is 0.650. The summed E-state index contributed by atoms with van der Waals surface area (Å²) < 4.78 is 24.7. The van der Waals surface area contributed by atoms with Gasteiger partial charge < -0.3 is 10.2 Å². The van der Waals surface area contributed by atoms with Gasteiger partial charge in [0, 0.05) is 32.2 Å². The van der Waals surface area contributed by atoms with Crippen molar-refractivity contribution in [3.8, 4) is 0 Å². The minimum absolute atomic E-state index is 0.0315. The highest BCUT2D eigenvalue weighted by molar-refractivity contribution is 7.88. The first-order valence-electron chi connectivity index (χ1n) is 9.88. The summed E-state index contributed by atoms with van der Waals surface area (Å²) in [6.45, 7) is 0.979. The molecule has 1 aliphatic carbocycles. The lowest BCUT2D eigenvalue weighted by atomic mass is 9.82. The molecule has 6 nitrogen and oxygen atoms in total. The van der Waals surface area contributed by atoms with Crippen LogP contribution in [0.4, 0.5) is 4.79 Å². The predicted octanol–water partition coefficient (Wildman–Crippen LogP) is 2.78. The van der Waals surface area contributed by atoms with E-state index in [1.807, 2.05) is 13.1 Å². The highest BCUT2D eigenvalue weighted by Crippen LogP contribution is 2.32. The van der Waals surface area contributed by atoms with E-state index in [1.165, 1.54) is 16.1 Å². The molecule has 0 spiro atoms. The number of hydrogen-bond acceptors (Lipinski definition) is 3. The normalized spacial score (nSPS) is 25.1. The van der Waals surface area contributed by atoms with Gasteiger partial charge in [-0.05, 0) is 50.0 Å². The van der Waals surface area contributed by atoms with Gasteiger partial charge in [-0.25, -0.2) is 17.5 Å². The maximum Gasteiger partial charge on any atom is 0.317 e. The van der Waals surface area contributed by atoms with Crippen LogP contribution in [0, 0.1) is 0 Å². The highest BCUT2D eigenvalue weighted by Gasteiger charge is 2.30. The zero-order chi connectivity index (χ0) is 19.4. The first kappa shape index (κ1) is 20.1. The topological polar surface area (TPSA) is 69.7 Å². The first-order valence-corrected chi connectivity index (χ1v) is 11.7. The van der Waals surface area contributed by atoms with E-state index in [9.17, 15) is 13.2 Å². The third kappa shape index (κ3) is 5.23. The number of hydrogen-bond donors (Lipinski definition) is 1. The minimum Gasteiger partial charge on any atom is -0.335 e. The number of piperidine rings is 1. The largest absolute Gasteiger partial charge is 0.335 e. The van der Waals surface area contributed by atoms with Gasteiger partial charge in [-0.1, -0.05) is 30.3 Å². The van der Waals surface area contributed by atoms with Gasteiger partial charge in [0.25, 0.3) is 0 Å². The molecule has 0 bridgehead atoms. The summed E-state index contributed by atoms with van der Waals surface area (Å²) in [5.74, 6) is 0.595. The predicted molar refractivity (Wildman–Crippen MR) is 107 cm³/mol. The van der Waals surface area contributed by atoms with Gasteiger partial charge in [-0.15, -0.1) is 0 Å². The van der Waals surface area contributed by atoms with E-state index in [-0.39, 0.29) is 18.1 Å². The number of carbonyl (C=O) groups is 1. The monoisotopic (exact) mass is 393 g/mol. The Labute approximate surface area is 163 Å². The zero-order valence-electron chi connectivity index (χ0n) is 16.3. The van der Waals surface area contributed by atoms with Crippen molar-refractivity contribution in [1.29, 1.82) is 0 Å². The Kier molecular flexibility index (Phi) is 6.42. The van der Waals surface area contributed by atoms with E-state index in [4.69, 9.17) is 0 Å². The highest BCUT2D eigenvalue weighted by atomic mass is 32.2. The van der Waals surface area contributed by atoms with Crippen LogP contribution in [-0.4, -0.2) is 62.1 Å². The molecule has 0 aromatic heterocycles. The zero-order valence-corrected chi connectivity index (χ0v) is 17.1. The fourth-order valence-electron chi connectivity index (χ4n) is 4.30. The number of sulfonamides is 1. The molecule has 150 valence electrons. The van der Waals surface area contributed by atoms with Crippen molar-refractivity contribution in [3.05, 3.63) is 35.9 Å². The first-order chi connectivity index (χ1) is 12.8. The van der Waals surface area contributed by atoms with Crippen molar-refractivity contribution in [2.24, 2.45) is 0 Å². The lowest BCUT2D eigenvalue weighted by Crippen LogP contribution is -2.51. The third-order valence-corrected chi connectivity index (χ3v) is 7.39. The molecule has 1 saturated carbocycles. The van der Waals surface area contributed by atoms with E-state index >= 15 is 0 Å². The number of benzene rings is 1. The van der Waals surface area contributed by atoms with Gasteiger partial charge in [0.05, 0.1) is 6.26 Å². The van der Waals surface area contributed by atoms with Crippen LogP contribution in [0.1, 0.15) is 50.0 Å². The van der Waals surface area contributed by atoms with Crippen LogP contribution in [0.2, 0.25) is 0 Å². The minimum atomic E-state index is -3.13. The van der Waals surface area contributed by atoms with Crippen molar-refractivity contribution in [3.63, 3.8) is 0 Å². The summed E-state index contributed by atoms with van der Waals surface area (Å²) >= 11 is 0. The molecule has 1 aromatic carbocycles. The van der Waals surface area contributed by atoms with Gasteiger partial charge >= 0.3 is 6.03 Å². The molecular weight excluding hydrogens is 362 g/mol. The SMILES string of the molecule is CN(C(=O)N[C@H]1CC[C@H](c2ccccc2)CC1)C1CCN(S(C)(=O)=O)CC1. The van der Waals surface area contributed by atoms with Gasteiger partial charge in [-0.3, -0.25) is 0 Å². The summed E-state index contributed by atoms with van der Waals surface area (Å²) in [7, 11) is -1.31. The molecule has 1 aliphatic heterocycles. The standard InChI is InChI=1S/C20H31N3O3S/c1-22(19-12-14-23(15-13-19)27(2,25)26)20(24)21-18-10-8-17(9-11-18)16-6-4-3-5-7-16/h3-7,17-19H,8-15H2,1-2H3,(H,21,24)/t17-,18-. The van der Waals surface area contributed by atoms with Crippen LogP contribution in [0.5, 0.6) is 0 Å². The van der Waals surface area contributed by atoms with Crippen molar-refractivity contribution in [2.75, 3.05) is 26.4 Å². The second-order valence-corrected chi connectivity index (χ2v) is 9.90. The van der Waals surface area contributed by atoms with Crippen LogP contribution in [0.15, 0.2) is 30.3 Å². The molecule has 0 atom stereocenters. The summed E-state index contributed by atoms with van der Waals surface area (Å²) in [6, 6.07) is 10.9. The lowest BCUT2D eigenvalue weighted by molar-refractivity contribution is 0.157. The average Bonchev–Trinajstić information content (AvgIpc) is 2.68. The Bertz CT molecular complexity index is 722. The number of nitrogens with zero attached hydrogens (tertiary/aromatic N) is 2. The number of nitrogens with one attached hydrogen (secondary N) is 1. The molecule has 3 rings (SSSR count). The molecule has 0 unspecified atom stereocenters. The van der Waals surface area contributed by atoms with E-state index in [0.717, 1.165) is 25.7 Å². The Hall–Kier alpha value is -1.60. The number of urea groups is 1. The molecule has 1 aromatic rings. The van der Waals surface area contributed by atoms with Gasteiger partial charge in [0.1, 0.15) is 0 Å². The lowest BCUT2D eigenvalue weighted by Gasteiger charge is -2.37. The van der Waals surface area contributed by atoms with E-state index in [0.29, 0.717) is 31.8 Å². The fourth-order valence-corrected chi connectivity index (χ4v) is 5.17. The Morgan fingerprint density at radius 1 is 1.04 bits per heavy atom. The third-order valence-electron chi connectivity index (χ3n) is 6.09.